The summed E-state index contributed by atoms with van der Waals surface area (Å²) < 4.78 is 27.4. The van der Waals surface area contributed by atoms with E-state index in [-0.39, 0.29) is 38.3 Å². The molecule has 0 spiro atoms. The molecular weight excluding hydrogens is 309 g/mol. The molecule has 1 aromatic carbocycles. The first-order chi connectivity index (χ1) is 8.15. The minimum absolute atomic E-state index is 0. The number of nitrogens with zero attached hydrogens (tertiary/aromatic N) is 1. The smallest absolute Gasteiger partial charge is 0.0809 e. The Balaban J connectivity index is 0.00000162. The van der Waals surface area contributed by atoms with Crippen LogP contribution < -0.4 is 0 Å². The number of halogens is 2. The molecule has 0 saturated carbocycles. The van der Waals surface area contributed by atoms with Crippen molar-refractivity contribution < 1.29 is 41.5 Å². The van der Waals surface area contributed by atoms with Crippen LogP contribution in [-0.4, -0.2) is 11.4 Å². The zero-order valence-corrected chi connectivity index (χ0v) is 12.9. The summed E-state index contributed by atoms with van der Waals surface area (Å²) in [6, 6.07) is 3.82. The van der Waals surface area contributed by atoms with Crippen LogP contribution in [0.25, 0.3) is 5.70 Å². The first-order valence-electron chi connectivity index (χ1n) is 5.36. The summed E-state index contributed by atoms with van der Waals surface area (Å²) in [6.45, 7) is 6.31. The average molecular weight is 321 g/mol. The molecule has 1 nitrogen and oxygen atoms in total. The second kappa shape index (κ2) is 6.39. The van der Waals surface area contributed by atoms with Gasteiger partial charge in [0, 0.05) is 39.3 Å². The van der Waals surface area contributed by atoms with Crippen LogP contribution in [0, 0.1) is 17.7 Å². The van der Waals surface area contributed by atoms with Gasteiger partial charge in [0.15, 0.2) is 0 Å². The van der Waals surface area contributed by atoms with E-state index >= 15 is 0 Å². The Labute approximate surface area is 131 Å². The van der Waals surface area contributed by atoms with Crippen molar-refractivity contribution >= 4 is 5.70 Å². The quantitative estimate of drug-likeness (QED) is 0.754. The van der Waals surface area contributed by atoms with Gasteiger partial charge >= 0.3 is 0 Å². The Morgan fingerprint density at radius 3 is 2.44 bits per heavy atom. The SMILES string of the molecule is C=C1C=C[C-]=C(c2c(F)cccc2F)N1CC.[Y]. The number of allylic oxidation sites excluding steroid dienone is 3. The van der Waals surface area contributed by atoms with E-state index in [1.165, 1.54) is 18.2 Å². The van der Waals surface area contributed by atoms with Gasteiger partial charge in [-0.2, -0.15) is 12.2 Å². The molecule has 0 bridgehead atoms. The Morgan fingerprint density at radius 1 is 1.28 bits per heavy atom. The van der Waals surface area contributed by atoms with Crippen LogP contribution in [0.4, 0.5) is 8.78 Å². The third-order valence-electron chi connectivity index (χ3n) is 2.63. The van der Waals surface area contributed by atoms with Gasteiger partial charge in [-0.3, -0.25) is 0 Å². The molecule has 1 aliphatic heterocycles. The second-order valence-electron chi connectivity index (χ2n) is 3.66. The largest absolute Gasteiger partial charge is 0.376 e. The zero-order valence-electron chi connectivity index (χ0n) is 10.1. The monoisotopic (exact) mass is 321 g/mol. The molecule has 1 heterocycles. The van der Waals surface area contributed by atoms with Gasteiger partial charge in [0.1, 0.15) is 0 Å². The summed E-state index contributed by atoms with van der Waals surface area (Å²) in [5, 5.41) is 0. The molecule has 91 valence electrons. The van der Waals surface area contributed by atoms with Crippen LogP contribution in [0.2, 0.25) is 0 Å². The molecule has 1 radical (unpaired) electrons. The minimum Gasteiger partial charge on any atom is -0.376 e. The molecule has 0 saturated heterocycles. The molecule has 2 rings (SSSR count). The third kappa shape index (κ3) is 2.78. The minimum atomic E-state index is -0.589. The molecule has 1 aromatic rings. The van der Waals surface area contributed by atoms with Gasteiger partial charge in [0.05, 0.1) is 11.6 Å². The molecule has 0 aliphatic carbocycles. The Kier molecular flexibility index (Phi) is 5.42. The van der Waals surface area contributed by atoms with Crippen molar-refractivity contribution in [2.24, 2.45) is 0 Å². The van der Waals surface area contributed by atoms with Crippen molar-refractivity contribution in [2.75, 3.05) is 6.54 Å². The molecule has 1 aliphatic rings. The Hall–Kier alpha value is -0.796. The Morgan fingerprint density at radius 2 is 1.89 bits per heavy atom. The van der Waals surface area contributed by atoms with E-state index in [0.717, 1.165) is 0 Å². The number of hydrogen-bond acceptors (Lipinski definition) is 1. The van der Waals surface area contributed by atoms with E-state index in [1.807, 2.05) is 6.92 Å². The van der Waals surface area contributed by atoms with Gasteiger partial charge in [0.25, 0.3) is 0 Å². The van der Waals surface area contributed by atoms with E-state index in [9.17, 15) is 8.78 Å². The Bertz CT molecular complexity index is 500. The fourth-order valence-corrected chi connectivity index (χ4v) is 1.82. The van der Waals surface area contributed by atoms with Crippen molar-refractivity contribution in [2.45, 2.75) is 6.92 Å². The normalized spacial score (nSPS) is 14.3. The number of rotatable bonds is 2. The van der Waals surface area contributed by atoms with Gasteiger partial charge in [0.2, 0.25) is 0 Å². The summed E-state index contributed by atoms with van der Waals surface area (Å²) in [4.78, 5) is 1.72. The maximum atomic E-state index is 13.7. The molecule has 0 unspecified atom stereocenters. The summed E-state index contributed by atoms with van der Waals surface area (Å²) in [5.74, 6) is -1.18. The molecule has 0 aromatic heterocycles. The van der Waals surface area contributed by atoms with Crippen LogP contribution in [0.3, 0.4) is 0 Å². The summed E-state index contributed by atoms with van der Waals surface area (Å²) in [5.41, 5.74) is 1.03. The molecule has 18 heavy (non-hydrogen) atoms. The molecule has 0 atom stereocenters. The topological polar surface area (TPSA) is 3.24 Å². The van der Waals surface area contributed by atoms with Crippen LogP contribution in [-0.2, 0) is 32.7 Å². The van der Waals surface area contributed by atoms with Gasteiger partial charge in [-0.25, -0.2) is 8.78 Å². The summed E-state index contributed by atoms with van der Waals surface area (Å²) in [6.07, 6.45) is 6.25. The van der Waals surface area contributed by atoms with E-state index in [2.05, 4.69) is 12.7 Å². The maximum absolute atomic E-state index is 13.7. The van der Waals surface area contributed by atoms with Crippen molar-refractivity contribution in [1.82, 2.24) is 4.90 Å². The van der Waals surface area contributed by atoms with Crippen molar-refractivity contribution in [1.29, 1.82) is 0 Å². The molecule has 0 fully saturated rings. The predicted molar refractivity (Wildman–Crippen MR) is 63.7 cm³/mol. The fourth-order valence-electron chi connectivity index (χ4n) is 1.82. The molecular formula is C14H12F2NY-. The molecule has 4 heteroatoms. The van der Waals surface area contributed by atoms with E-state index in [1.54, 1.807) is 17.1 Å². The summed E-state index contributed by atoms with van der Waals surface area (Å²) >= 11 is 0. The van der Waals surface area contributed by atoms with E-state index in [4.69, 9.17) is 0 Å². The first-order valence-corrected chi connectivity index (χ1v) is 5.36. The third-order valence-corrected chi connectivity index (χ3v) is 2.63. The number of benzene rings is 1. The summed E-state index contributed by atoms with van der Waals surface area (Å²) in [7, 11) is 0. The number of hydrogen-bond donors (Lipinski definition) is 0. The standard InChI is InChI=1S/C14H12F2N.Y/c1-3-17-10(2)6-4-9-13(17)14-11(15)7-5-8-12(14)16;/h4-8H,2-3H2,1H3;/q-1;. The van der Waals surface area contributed by atoms with Crippen molar-refractivity contribution in [3.05, 3.63) is 65.9 Å². The zero-order chi connectivity index (χ0) is 12.4. The first kappa shape index (κ1) is 15.3. The van der Waals surface area contributed by atoms with Crippen LogP contribution in [0.1, 0.15) is 12.5 Å². The van der Waals surface area contributed by atoms with Crippen molar-refractivity contribution in [3.8, 4) is 0 Å². The fraction of sp³-hybridized carbons (Fsp3) is 0.143. The van der Waals surface area contributed by atoms with Crippen LogP contribution in [0.15, 0.2) is 42.6 Å². The molecule has 0 amide bonds. The maximum Gasteiger partial charge on any atom is 0.0809 e. The van der Waals surface area contributed by atoms with Gasteiger partial charge in [-0.15, -0.1) is 6.08 Å². The predicted octanol–water partition coefficient (Wildman–Crippen LogP) is 3.51. The van der Waals surface area contributed by atoms with Gasteiger partial charge in [-0.1, -0.05) is 18.3 Å². The van der Waals surface area contributed by atoms with Crippen molar-refractivity contribution in [3.63, 3.8) is 0 Å². The van der Waals surface area contributed by atoms with Gasteiger partial charge < -0.3 is 4.90 Å². The van der Waals surface area contributed by atoms with Crippen LogP contribution in [0.5, 0.6) is 0 Å². The van der Waals surface area contributed by atoms with E-state index in [0.29, 0.717) is 17.9 Å². The second-order valence-corrected chi connectivity index (χ2v) is 3.66. The van der Waals surface area contributed by atoms with Gasteiger partial charge in [-0.05, 0) is 30.3 Å². The number of likely N-dealkylation sites (N-methyl/N-ethyl adjacent to an activating group) is 1. The molecule has 0 N–H and O–H groups in total. The average Bonchev–Trinajstić information content (AvgIpc) is 2.29. The van der Waals surface area contributed by atoms with Crippen LogP contribution >= 0.6 is 0 Å². The van der Waals surface area contributed by atoms with E-state index < -0.39 is 11.6 Å².